The molecule has 7 heteroatoms. The first-order valence-electron chi connectivity index (χ1n) is 9.34. The van der Waals surface area contributed by atoms with E-state index in [1.807, 2.05) is 23.1 Å². The van der Waals surface area contributed by atoms with Gasteiger partial charge in [-0.2, -0.15) is 5.10 Å². The maximum Gasteiger partial charge on any atom is 0.274 e. The molecule has 0 radical (unpaired) electrons. The zero-order valence-corrected chi connectivity index (χ0v) is 15.7. The van der Waals surface area contributed by atoms with E-state index in [2.05, 4.69) is 27.9 Å². The molecule has 3 atom stereocenters. The molecule has 2 aromatic rings. The van der Waals surface area contributed by atoms with Gasteiger partial charge in [0.25, 0.3) is 5.91 Å². The van der Waals surface area contributed by atoms with Crippen molar-refractivity contribution >= 4 is 11.8 Å². The molecular weight excluding hydrogens is 342 g/mol. The van der Waals surface area contributed by atoms with Gasteiger partial charge < -0.3 is 15.5 Å². The minimum Gasteiger partial charge on any atom is -0.347 e. The van der Waals surface area contributed by atoms with Gasteiger partial charge in [-0.05, 0) is 18.1 Å². The van der Waals surface area contributed by atoms with Gasteiger partial charge in [-0.1, -0.05) is 30.3 Å². The Bertz CT molecular complexity index is 849. The minimum absolute atomic E-state index is 0.0670. The number of hydrogen-bond donors (Lipinski definition) is 2. The fourth-order valence-electron chi connectivity index (χ4n) is 4.62. The Morgan fingerprint density at radius 1 is 1.26 bits per heavy atom. The second kappa shape index (κ2) is 6.81. The Labute approximate surface area is 158 Å². The summed E-state index contributed by atoms with van der Waals surface area (Å²) in [5.74, 6) is 0.0844. The number of fused-ring (bicyclic) bond motifs is 1. The molecule has 2 N–H and O–H groups in total. The first-order valence-corrected chi connectivity index (χ1v) is 9.34. The smallest absolute Gasteiger partial charge is 0.274 e. The van der Waals surface area contributed by atoms with E-state index in [1.54, 1.807) is 30.9 Å². The largest absolute Gasteiger partial charge is 0.347 e. The molecule has 3 heterocycles. The van der Waals surface area contributed by atoms with Gasteiger partial charge in [0, 0.05) is 51.8 Å². The highest BCUT2D eigenvalue weighted by Crippen LogP contribution is 2.42. The third-order valence-electron chi connectivity index (χ3n) is 5.74. The van der Waals surface area contributed by atoms with Gasteiger partial charge in [0.2, 0.25) is 5.91 Å². The second-order valence-electron chi connectivity index (χ2n) is 7.60. The summed E-state index contributed by atoms with van der Waals surface area (Å²) in [5, 5.41) is 11.0. The molecule has 0 saturated carbocycles. The van der Waals surface area contributed by atoms with Gasteiger partial charge in [0.1, 0.15) is 5.69 Å². The van der Waals surface area contributed by atoms with Crippen LogP contribution in [0.4, 0.5) is 0 Å². The molecule has 0 bridgehead atoms. The SMILES string of the molecule is CC(=O)N[C@]12CN[C@H](c3ccccc3)[C@H]1CCN(C(=O)c1ccn(C)n1)C2. The quantitative estimate of drug-likeness (QED) is 0.852. The summed E-state index contributed by atoms with van der Waals surface area (Å²) in [6.45, 7) is 3.33. The molecule has 0 unspecified atom stereocenters. The van der Waals surface area contributed by atoms with E-state index in [0.717, 1.165) is 6.42 Å². The van der Waals surface area contributed by atoms with Crippen LogP contribution in [0.1, 0.15) is 35.4 Å². The molecule has 142 valence electrons. The Balaban J connectivity index is 1.60. The number of nitrogens with zero attached hydrogens (tertiary/aromatic N) is 3. The average Bonchev–Trinajstić information content (AvgIpc) is 3.24. The summed E-state index contributed by atoms with van der Waals surface area (Å²) in [5.41, 5.74) is 1.20. The molecule has 0 aliphatic carbocycles. The third kappa shape index (κ3) is 3.23. The van der Waals surface area contributed by atoms with Crippen LogP contribution in [0.3, 0.4) is 0 Å². The van der Waals surface area contributed by atoms with Gasteiger partial charge in [-0.25, -0.2) is 0 Å². The monoisotopic (exact) mass is 367 g/mol. The van der Waals surface area contributed by atoms with Gasteiger partial charge in [-0.3, -0.25) is 14.3 Å². The van der Waals surface area contributed by atoms with Crippen molar-refractivity contribution in [1.82, 2.24) is 25.3 Å². The molecular formula is C20H25N5O2. The van der Waals surface area contributed by atoms with Crippen LogP contribution in [-0.4, -0.2) is 51.7 Å². The van der Waals surface area contributed by atoms with Crippen LogP contribution in [0.2, 0.25) is 0 Å². The van der Waals surface area contributed by atoms with Gasteiger partial charge >= 0.3 is 0 Å². The Hall–Kier alpha value is -2.67. The summed E-state index contributed by atoms with van der Waals surface area (Å²) in [4.78, 5) is 26.7. The normalized spacial score (nSPS) is 27.3. The van der Waals surface area contributed by atoms with Crippen LogP contribution >= 0.6 is 0 Å². The zero-order chi connectivity index (χ0) is 19.0. The van der Waals surface area contributed by atoms with Crippen LogP contribution < -0.4 is 10.6 Å². The number of rotatable bonds is 3. The van der Waals surface area contributed by atoms with Crippen molar-refractivity contribution in [3.05, 3.63) is 53.9 Å². The number of likely N-dealkylation sites (tertiary alicyclic amines) is 1. The molecule has 1 aromatic heterocycles. The molecule has 0 spiro atoms. The second-order valence-corrected chi connectivity index (χ2v) is 7.60. The number of benzene rings is 1. The summed E-state index contributed by atoms with van der Waals surface area (Å²) in [6, 6.07) is 12.2. The average molecular weight is 367 g/mol. The van der Waals surface area contributed by atoms with Crippen molar-refractivity contribution in [2.24, 2.45) is 13.0 Å². The fourth-order valence-corrected chi connectivity index (χ4v) is 4.62. The molecule has 2 aliphatic rings. The van der Waals surface area contributed by atoms with E-state index < -0.39 is 5.54 Å². The minimum atomic E-state index is -0.463. The molecule has 2 fully saturated rings. The van der Waals surface area contributed by atoms with Crippen LogP contribution in [-0.2, 0) is 11.8 Å². The number of hydrogen-bond acceptors (Lipinski definition) is 4. The molecule has 2 amide bonds. The maximum atomic E-state index is 12.9. The number of nitrogens with one attached hydrogen (secondary N) is 2. The first kappa shape index (κ1) is 17.7. The first-order chi connectivity index (χ1) is 13.0. The maximum absolute atomic E-state index is 12.9. The van der Waals surface area contributed by atoms with E-state index in [-0.39, 0.29) is 23.8 Å². The van der Waals surface area contributed by atoms with Crippen LogP contribution in [0.25, 0.3) is 0 Å². The molecule has 1 aromatic carbocycles. The van der Waals surface area contributed by atoms with Crippen molar-refractivity contribution in [2.45, 2.75) is 24.9 Å². The number of carbonyl (C=O) groups excluding carboxylic acids is 2. The zero-order valence-electron chi connectivity index (χ0n) is 15.7. The fraction of sp³-hybridized carbons (Fsp3) is 0.450. The standard InChI is InChI=1S/C20H25N5O2/c1-14(26)22-20-12-21-18(15-6-4-3-5-7-15)16(20)8-11-25(13-20)19(27)17-9-10-24(2)23-17/h3-7,9-10,16,18,21H,8,11-13H2,1-2H3,(H,22,26)/t16-,18-,20+/m1/s1. The van der Waals surface area contributed by atoms with E-state index in [1.165, 1.54) is 5.56 Å². The summed E-state index contributed by atoms with van der Waals surface area (Å²) < 4.78 is 1.63. The number of piperidine rings is 1. The predicted octanol–water partition coefficient (Wildman–Crippen LogP) is 1.10. The summed E-state index contributed by atoms with van der Waals surface area (Å²) in [6.07, 6.45) is 2.59. The van der Waals surface area contributed by atoms with Gasteiger partial charge in [-0.15, -0.1) is 0 Å². The lowest BCUT2D eigenvalue weighted by Crippen LogP contribution is -2.64. The summed E-state index contributed by atoms with van der Waals surface area (Å²) in [7, 11) is 1.80. The van der Waals surface area contributed by atoms with Crippen LogP contribution in [0.15, 0.2) is 42.6 Å². The molecule has 7 nitrogen and oxygen atoms in total. The van der Waals surface area contributed by atoms with Crippen molar-refractivity contribution in [3.8, 4) is 0 Å². The van der Waals surface area contributed by atoms with Crippen molar-refractivity contribution < 1.29 is 9.59 Å². The van der Waals surface area contributed by atoms with E-state index in [9.17, 15) is 9.59 Å². The number of aromatic nitrogens is 2. The number of aryl methyl sites for hydroxylation is 1. The molecule has 2 aliphatic heterocycles. The van der Waals surface area contributed by atoms with Crippen molar-refractivity contribution in [2.75, 3.05) is 19.6 Å². The molecule has 27 heavy (non-hydrogen) atoms. The highest BCUT2D eigenvalue weighted by atomic mass is 16.2. The van der Waals surface area contributed by atoms with Crippen molar-refractivity contribution in [3.63, 3.8) is 0 Å². The Morgan fingerprint density at radius 3 is 2.70 bits per heavy atom. The highest BCUT2D eigenvalue weighted by Gasteiger charge is 2.53. The van der Waals surface area contributed by atoms with Gasteiger partial charge in [0.05, 0.1) is 5.54 Å². The van der Waals surface area contributed by atoms with E-state index in [4.69, 9.17) is 0 Å². The van der Waals surface area contributed by atoms with E-state index in [0.29, 0.717) is 25.3 Å². The Kier molecular flexibility index (Phi) is 4.47. The Morgan fingerprint density at radius 2 is 2.04 bits per heavy atom. The van der Waals surface area contributed by atoms with Gasteiger partial charge in [0.15, 0.2) is 0 Å². The number of amides is 2. The third-order valence-corrected chi connectivity index (χ3v) is 5.74. The topological polar surface area (TPSA) is 79.3 Å². The predicted molar refractivity (Wildman–Crippen MR) is 101 cm³/mol. The van der Waals surface area contributed by atoms with Crippen molar-refractivity contribution in [1.29, 1.82) is 0 Å². The lowest BCUT2D eigenvalue weighted by Gasteiger charge is -2.45. The lowest BCUT2D eigenvalue weighted by molar-refractivity contribution is -0.122. The van der Waals surface area contributed by atoms with E-state index >= 15 is 0 Å². The van der Waals surface area contributed by atoms with Crippen LogP contribution in [0, 0.1) is 5.92 Å². The molecule has 2 saturated heterocycles. The van der Waals surface area contributed by atoms with Crippen LogP contribution in [0.5, 0.6) is 0 Å². The summed E-state index contributed by atoms with van der Waals surface area (Å²) >= 11 is 0. The lowest BCUT2D eigenvalue weighted by atomic mass is 9.75. The highest BCUT2D eigenvalue weighted by molar-refractivity contribution is 5.92. The molecule has 4 rings (SSSR count). The number of carbonyl (C=O) groups is 2.